The van der Waals surface area contributed by atoms with E-state index < -0.39 is 0 Å². The van der Waals surface area contributed by atoms with Crippen LogP contribution in [0.5, 0.6) is 0 Å². The largest absolute Gasteiger partial charge is 0.365 e. The van der Waals surface area contributed by atoms with Gasteiger partial charge in [-0.05, 0) is 13.0 Å². The Morgan fingerprint density at radius 2 is 2.31 bits per heavy atom. The van der Waals surface area contributed by atoms with E-state index in [0.29, 0.717) is 12.5 Å². The molecule has 84 valence electrons. The van der Waals surface area contributed by atoms with Gasteiger partial charge in [0, 0.05) is 11.1 Å². The molecule has 7 heteroatoms. The number of hydrazine groups is 1. The monoisotopic (exact) mass is 236 g/mol. The maximum Gasteiger partial charge on any atom is 0.239 e. The van der Waals surface area contributed by atoms with Crippen LogP contribution in [0, 0.1) is 6.92 Å². The van der Waals surface area contributed by atoms with Crippen molar-refractivity contribution in [1.29, 1.82) is 0 Å². The lowest BCUT2D eigenvalue weighted by atomic mass is 10.4. The molecule has 2 heterocycles. The predicted octanol–water partition coefficient (Wildman–Crippen LogP) is 1.14. The SMILES string of the molecule is Cc1ncsc1CNc1ccnc(NN)n1. The summed E-state index contributed by atoms with van der Waals surface area (Å²) >= 11 is 1.62. The van der Waals surface area contributed by atoms with Gasteiger partial charge in [0.05, 0.1) is 17.7 Å². The fourth-order valence-corrected chi connectivity index (χ4v) is 1.91. The first-order chi connectivity index (χ1) is 7.79. The Morgan fingerprint density at radius 3 is 3.00 bits per heavy atom. The van der Waals surface area contributed by atoms with Gasteiger partial charge in [-0.3, -0.25) is 5.43 Å². The number of aromatic nitrogens is 3. The first-order valence-corrected chi connectivity index (χ1v) is 5.60. The number of thiazole rings is 1. The van der Waals surface area contributed by atoms with E-state index in [9.17, 15) is 0 Å². The standard InChI is InChI=1S/C9H12N6S/c1-6-7(16-5-13-6)4-12-8-2-3-11-9(14-8)15-10/h2-3,5H,4,10H2,1H3,(H2,11,12,14,15). The number of rotatable bonds is 4. The number of nitrogen functional groups attached to an aromatic ring is 1. The summed E-state index contributed by atoms with van der Waals surface area (Å²) < 4.78 is 0. The van der Waals surface area contributed by atoms with Crippen molar-refractivity contribution in [1.82, 2.24) is 15.0 Å². The van der Waals surface area contributed by atoms with Crippen LogP contribution in [0.3, 0.4) is 0 Å². The lowest BCUT2D eigenvalue weighted by Gasteiger charge is -2.05. The van der Waals surface area contributed by atoms with Crippen LogP contribution in [0.2, 0.25) is 0 Å². The van der Waals surface area contributed by atoms with Crippen LogP contribution in [-0.4, -0.2) is 15.0 Å². The minimum absolute atomic E-state index is 0.394. The molecule has 0 amide bonds. The average molecular weight is 236 g/mol. The van der Waals surface area contributed by atoms with Gasteiger partial charge in [0.15, 0.2) is 0 Å². The number of nitrogens with one attached hydrogen (secondary N) is 2. The maximum atomic E-state index is 5.22. The third-order valence-electron chi connectivity index (χ3n) is 2.06. The molecule has 0 atom stereocenters. The molecule has 2 rings (SSSR count). The highest BCUT2D eigenvalue weighted by atomic mass is 32.1. The summed E-state index contributed by atoms with van der Waals surface area (Å²) in [4.78, 5) is 13.4. The van der Waals surface area contributed by atoms with Crippen LogP contribution in [0.15, 0.2) is 17.8 Å². The second-order valence-electron chi connectivity index (χ2n) is 3.12. The molecule has 0 saturated heterocycles. The highest BCUT2D eigenvalue weighted by molar-refractivity contribution is 7.09. The van der Waals surface area contributed by atoms with Crippen LogP contribution in [0.4, 0.5) is 11.8 Å². The first kappa shape index (κ1) is 10.8. The van der Waals surface area contributed by atoms with Crippen molar-refractivity contribution in [3.8, 4) is 0 Å². The molecule has 4 N–H and O–H groups in total. The Bertz CT molecular complexity index is 469. The molecule has 0 aliphatic heterocycles. The van der Waals surface area contributed by atoms with E-state index in [2.05, 4.69) is 25.7 Å². The molecule has 0 bridgehead atoms. The average Bonchev–Trinajstić information content (AvgIpc) is 2.72. The summed E-state index contributed by atoms with van der Waals surface area (Å²) in [7, 11) is 0. The first-order valence-electron chi connectivity index (χ1n) is 4.72. The van der Waals surface area contributed by atoms with Crippen LogP contribution < -0.4 is 16.6 Å². The Morgan fingerprint density at radius 1 is 1.44 bits per heavy atom. The zero-order chi connectivity index (χ0) is 11.4. The van der Waals surface area contributed by atoms with E-state index >= 15 is 0 Å². The summed E-state index contributed by atoms with van der Waals surface area (Å²) in [6, 6.07) is 1.79. The molecule has 2 aromatic heterocycles. The van der Waals surface area contributed by atoms with Crippen LogP contribution in [0.25, 0.3) is 0 Å². The molecule has 0 fully saturated rings. The van der Waals surface area contributed by atoms with E-state index in [1.54, 1.807) is 23.6 Å². The number of hydrogen-bond acceptors (Lipinski definition) is 7. The van der Waals surface area contributed by atoms with Crippen molar-refractivity contribution in [3.05, 3.63) is 28.3 Å². The van der Waals surface area contributed by atoms with Gasteiger partial charge in [0.2, 0.25) is 5.95 Å². The van der Waals surface area contributed by atoms with E-state index in [0.717, 1.165) is 11.5 Å². The van der Waals surface area contributed by atoms with Crippen LogP contribution in [0.1, 0.15) is 10.6 Å². The topological polar surface area (TPSA) is 88.8 Å². The van der Waals surface area contributed by atoms with Crippen LogP contribution in [-0.2, 0) is 6.54 Å². The molecule has 0 saturated carbocycles. The van der Waals surface area contributed by atoms with Crippen molar-refractivity contribution in [3.63, 3.8) is 0 Å². The van der Waals surface area contributed by atoms with Gasteiger partial charge in [-0.15, -0.1) is 11.3 Å². The minimum atomic E-state index is 0.394. The van der Waals surface area contributed by atoms with Gasteiger partial charge in [0.25, 0.3) is 0 Å². The summed E-state index contributed by atoms with van der Waals surface area (Å²) in [6.45, 7) is 2.69. The van der Waals surface area contributed by atoms with Crippen molar-refractivity contribution in [2.24, 2.45) is 5.84 Å². The molecular formula is C9H12N6S. The zero-order valence-corrected chi connectivity index (χ0v) is 9.58. The molecule has 0 aliphatic carbocycles. The van der Waals surface area contributed by atoms with Crippen molar-refractivity contribution in [2.75, 3.05) is 10.7 Å². The maximum absolute atomic E-state index is 5.22. The van der Waals surface area contributed by atoms with E-state index in [1.165, 1.54) is 4.88 Å². The molecule has 6 nitrogen and oxygen atoms in total. The number of anilines is 2. The third-order valence-corrected chi connectivity index (χ3v) is 2.99. The molecular weight excluding hydrogens is 224 g/mol. The number of nitrogens with two attached hydrogens (primary N) is 1. The fourth-order valence-electron chi connectivity index (χ4n) is 1.19. The third kappa shape index (κ3) is 2.44. The summed E-state index contributed by atoms with van der Waals surface area (Å²) in [6.07, 6.45) is 1.64. The Hall–Kier alpha value is -1.73. The number of nitrogens with zero attached hydrogens (tertiary/aromatic N) is 3. The fraction of sp³-hybridized carbons (Fsp3) is 0.222. The highest BCUT2D eigenvalue weighted by Crippen LogP contribution is 2.14. The van der Waals surface area contributed by atoms with Gasteiger partial charge in [-0.2, -0.15) is 4.98 Å². The smallest absolute Gasteiger partial charge is 0.239 e. The molecule has 0 spiro atoms. The van der Waals surface area contributed by atoms with Gasteiger partial charge in [0.1, 0.15) is 5.82 Å². The van der Waals surface area contributed by atoms with E-state index in [4.69, 9.17) is 5.84 Å². The van der Waals surface area contributed by atoms with E-state index in [1.807, 2.05) is 12.4 Å². The van der Waals surface area contributed by atoms with Crippen molar-refractivity contribution < 1.29 is 0 Å². The van der Waals surface area contributed by atoms with Gasteiger partial charge >= 0.3 is 0 Å². The predicted molar refractivity (Wildman–Crippen MR) is 64.0 cm³/mol. The molecule has 0 radical (unpaired) electrons. The lowest BCUT2D eigenvalue weighted by molar-refractivity contribution is 1.06. The molecule has 2 aromatic rings. The second-order valence-corrected chi connectivity index (χ2v) is 4.06. The van der Waals surface area contributed by atoms with Crippen molar-refractivity contribution in [2.45, 2.75) is 13.5 Å². The second kappa shape index (κ2) is 4.86. The number of hydrogen-bond donors (Lipinski definition) is 3. The van der Waals surface area contributed by atoms with Gasteiger partial charge in [-0.1, -0.05) is 0 Å². The zero-order valence-electron chi connectivity index (χ0n) is 8.77. The Balaban J connectivity index is 2.02. The highest BCUT2D eigenvalue weighted by Gasteiger charge is 2.02. The van der Waals surface area contributed by atoms with E-state index in [-0.39, 0.29) is 0 Å². The van der Waals surface area contributed by atoms with Crippen LogP contribution >= 0.6 is 11.3 Å². The molecule has 16 heavy (non-hydrogen) atoms. The molecule has 0 unspecified atom stereocenters. The summed E-state index contributed by atoms with van der Waals surface area (Å²) in [5.41, 5.74) is 5.28. The van der Waals surface area contributed by atoms with Crippen molar-refractivity contribution >= 4 is 23.1 Å². The Kier molecular flexibility index (Phi) is 3.28. The van der Waals surface area contributed by atoms with Gasteiger partial charge in [-0.25, -0.2) is 15.8 Å². The summed E-state index contributed by atoms with van der Waals surface area (Å²) in [5, 5.41) is 3.19. The quantitative estimate of drug-likeness (QED) is 0.545. The molecule has 0 aliphatic rings. The normalized spacial score (nSPS) is 10.1. The molecule has 0 aromatic carbocycles. The minimum Gasteiger partial charge on any atom is -0.365 e. The summed E-state index contributed by atoms with van der Waals surface area (Å²) in [5.74, 6) is 6.35. The Labute approximate surface area is 96.9 Å². The van der Waals surface area contributed by atoms with Gasteiger partial charge < -0.3 is 5.32 Å². The number of aryl methyl sites for hydroxylation is 1. The lowest BCUT2D eigenvalue weighted by Crippen LogP contribution is -2.11.